The molecule has 0 spiro atoms. The zero-order valence-electron chi connectivity index (χ0n) is 17.3. The molecule has 1 unspecified atom stereocenters. The van der Waals surface area contributed by atoms with Gasteiger partial charge in [-0.05, 0) is 16.7 Å². The van der Waals surface area contributed by atoms with Crippen LogP contribution in [0.25, 0.3) is 22.3 Å². The lowest BCUT2D eigenvalue weighted by Crippen LogP contribution is -2.24. The number of imidazole rings is 1. The Labute approximate surface area is 184 Å². The molecule has 0 bridgehead atoms. The molecular weight excluding hydrogens is 408 g/mol. The van der Waals surface area contributed by atoms with Crippen molar-refractivity contribution in [2.24, 2.45) is 0 Å². The van der Waals surface area contributed by atoms with E-state index < -0.39 is 18.4 Å². The number of anilines is 2. The number of nitrogens with zero attached hydrogens (tertiary/aromatic N) is 4. The summed E-state index contributed by atoms with van der Waals surface area (Å²) in [5.41, 5.74) is 10.4. The van der Waals surface area contributed by atoms with E-state index in [1.54, 1.807) is 4.57 Å². The van der Waals surface area contributed by atoms with Crippen LogP contribution >= 0.6 is 0 Å². The van der Waals surface area contributed by atoms with Gasteiger partial charge in [-0.15, -0.1) is 0 Å². The third-order valence-corrected chi connectivity index (χ3v) is 5.69. The highest BCUT2D eigenvalue weighted by molar-refractivity contribution is 5.84. The van der Waals surface area contributed by atoms with Gasteiger partial charge >= 0.3 is 0 Å². The van der Waals surface area contributed by atoms with Crippen LogP contribution in [0.15, 0.2) is 60.9 Å². The number of nitrogen functional groups attached to an aromatic ring is 1. The van der Waals surface area contributed by atoms with Crippen molar-refractivity contribution in [3.63, 3.8) is 0 Å². The Balaban J connectivity index is 1.41. The highest BCUT2D eigenvalue weighted by atomic mass is 16.5. The molecule has 4 aromatic rings. The van der Waals surface area contributed by atoms with Crippen LogP contribution in [0.5, 0.6) is 0 Å². The number of aliphatic hydroxyl groups is 2. The average molecular weight is 432 g/mol. The summed E-state index contributed by atoms with van der Waals surface area (Å²) < 4.78 is 7.62. The van der Waals surface area contributed by atoms with Crippen molar-refractivity contribution < 1.29 is 14.9 Å². The van der Waals surface area contributed by atoms with E-state index in [0.717, 1.165) is 11.1 Å². The molecule has 1 aliphatic heterocycles. The first kappa shape index (κ1) is 20.4. The molecule has 9 nitrogen and oxygen atoms in total. The molecule has 5 N–H and O–H groups in total. The van der Waals surface area contributed by atoms with Gasteiger partial charge in [0.1, 0.15) is 18.7 Å². The molecular formula is C23H24N6O3. The van der Waals surface area contributed by atoms with E-state index in [0.29, 0.717) is 30.1 Å². The first-order valence-electron chi connectivity index (χ1n) is 10.4. The monoisotopic (exact) mass is 432 g/mol. The molecule has 1 saturated heterocycles. The second-order valence-corrected chi connectivity index (χ2v) is 7.77. The minimum atomic E-state index is -0.778. The average Bonchev–Trinajstić information content (AvgIpc) is 3.39. The normalized spacial score (nSPS) is 20.6. The largest absolute Gasteiger partial charge is 0.394 e. The van der Waals surface area contributed by atoms with Gasteiger partial charge in [0.2, 0.25) is 5.95 Å². The maximum atomic E-state index is 10.2. The zero-order chi connectivity index (χ0) is 22.1. The van der Waals surface area contributed by atoms with E-state index in [4.69, 9.17) is 10.5 Å². The number of hydrogen-bond donors (Lipinski definition) is 4. The van der Waals surface area contributed by atoms with Gasteiger partial charge in [-0.25, -0.2) is 15.0 Å². The van der Waals surface area contributed by atoms with Crippen LogP contribution < -0.4 is 11.1 Å². The lowest BCUT2D eigenvalue weighted by Gasteiger charge is -2.17. The molecule has 5 rings (SSSR count). The quantitative estimate of drug-likeness (QED) is 0.365. The summed E-state index contributed by atoms with van der Waals surface area (Å²) in [6.45, 7) is 0.252. The molecule has 0 saturated carbocycles. The molecule has 0 amide bonds. The van der Waals surface area contributed by atoms with E-state index >= 15 is 0 Å². The predicted octanol–water partition coefficient (Wildman–Crippen LogP) is 2.33. The number of benzene rings is 2. The number of hydrogen-bond acceptors (Lipinski definition) is 8. The van der Waals surface area contributed by atoms with Crippen LogP contribution in [0.1, 0.15) is 18.2 Å². The fourth-order valence-electron chi connectivity index (χ4n) is 3.99. The van der Waals surface area contributed by atoms with E-state index in [-0.39, 0.29) is 12.4 Å². The molecule has 1 fully saturated rings. The first-order chi connectivity index (χ1) is 15.6. The molecule has 0 aliphatic carbocycles. The van der Waals surface area contributed by atoms with Crippen LogP contribution in [0, 0.1) is 0 Å². The predicted molar refractivity (Wildman–Crippen MR) is 121 cm³/mol. The first-order valence-corrected chi connectivity index (χ1v) is 10.4. The topological polar surface area (TPSA) is 131 Å². The fraction of sp³-hybridized carbons (Fsp3) is 0.261. The molecule has 9 heteroatoms. The number of rotatable bonds is 6. The summed E-state index contributed by atoms with van der Waals surface area (Å²) in [6.07, 6.45) is -0.294. The van der Waals surface area contributed by atoms with Gasteiger partial charge in [-0.1, -0.05) is 54.6 Å². The van der Waals surface area contributed by atoms with Crippen molar-refractivity contribution in [1.82, 2.24) is 19.5 Å². The Morgan fingerprint density at radius 3 is 2.53 bits per heavy atom. The van der Waals surface area contributed by atoms with Crippen molar-refractivity contribution in [1.29, 1.82) is 0 Å². The molecule has 2 aromatic carbocycles. The number of nitrogens with two attached hydrogens (primary N) is 1. The number of nitrogens with one attached hydrogen (secondary N) is 1. The van der Waals surface area contributed by atoms with Crippen LogP contribution in [0.4, 0.5) is 11.8 Å². The van der Waals surface area contributed by atoms with Gasteiger partial charge in [0.15, 0.2) is 17.0 Å². The van der Waals surface area contributed by atoms with Gasteiger partial charge < -0.3 is 26.0 Å². The maximum absolute atomic E-state index is 10.2. The van der Waals surface area contributed by atoms with E-state index in [1.165, 1.54) is 11.9 Å². The van der Waals surface area contributed by atoms with E-state index in [1.807, 2.05) is 18.2 Å². The molecule has 0 radical (unpaired) electrons. The van der Waals surface area contributed by atoms with Crippen LogP contribution in [-0.4, -0.2) is 48.5 Å². The molecule has 2 aromatic heterocycles. The number of aromatic nitrogens is 4. The van der Waals surface area contributed by atoms with Crippen LogP contribution in [0.3, 0.4) is 0 Å². The smallest absolute Gasteiger partial charge is 0.207 e. The number of ether oxygens (including phenoxy) is 1. The Bertz CT molecular complexity index is 1210. The fourth-order valence-corrected chi connectivity index (χ4v) is 3.99. The standard InChI is InChI=1S/C23H24N6O3/c24-21-20-22(27-13-26-21)29(19-10-17(31)18(12-30)32-19)23(28-20)25-11-14-6-8-16(9-7-14)15-4-2-1-3-5-15/h1-9,13,17-19,30-31H,10-12H2,(H,25,28)(H2,24,26,27)/t17?,18-,19-/m1/s1. The van der Waals surface area contributed by atoms with Gasteiger partial charge in [0.05, 0.1) is 12.7 Å². The van der Waals surface area contributed by atoms with Crippen LogP contribution in [-0.2, 0) is 11.3 Å². The minimum Gasteiger partial charge on any atom is -0.394 e. The molecule has 32 heavy (non-hydrogen) atoms. The second kappa shape index (κ2) is 8.54. The molecule has 3 atom stereocenters. The third kappa shape index (κ3) is 3.77. The summed E-state index contributed by atoms with van der Waals surface area (Å²) in [4.78, 5) is 12.9. The third-order valence-electron chi connectivity index (χ3n) is 5.69. The second-order valence-electron chi connectivity index (χ2n) is 7.77. The summed E-state index contributed by atoms with van der Waals surface area (Å²) >= 11 is 0. The van der Waals surface area contributed by atoms with E-state index in [2.05, 4.69) is 56.7 Å². The summed E-state index contributed by atoms with van der Waals surface area (Å²) in [5, 5.41) is 23.0. The Morgan fingerprint density at radius 2 is 1.81 bits per heavy atom. The highest BCUT2D eigenvalue weighted by Crippen LogP contribution is 2.34. The number of fused-ring (bicyclic) bond motifs is 1. The highest BCUT2D eigenvalue weighted by Gasteiger charge is 2.36. The molecule has 1 aliphatic rings. The van der Waals surface area contributed by atoms with Crippen molar-refractivity contribution in [3.8, 4) is 11.1 Å². The Morgan fingerprint density at radius 1 is 1.06 bits per heavy atom. The Kier molecular flexibility index (Phi) is 5.44. The number of aliphatic hydroxyl groups excluding tert-OH is 2. The van der Waals surface area contributed by atoms with Crippen molar-refractivity contribution in [2.75, 3.05) is 17.7 Å². The lowest BCUT2D eigenvalue weighted by molar-refractivity contribution is -0.0425. The van der Waals surface area contributed by atoms with E-state index in [9.17, 15) is 10.2 Å². The summed E-state index contributed by atoms with van der Waals surface area (Å²) in [7, 11) is 0. The van der Waals surface area contributed by atoms with Crippen molar-refractivity contribution in [2.45, 2.75) is 31.4 Å². The molecule has 164 valence electrons. The van der Waals surface area contributed by atoms with Gasteiger partial charge in [0.25, 0.3) is 0 Å². The van der Waals surface area contributed by atoms with Crippen LogP contribution in [0.2, 0.25) is 0 Å². The zero-order valence-corrected chi connectivity index (χ0v) is 17.3. The molecule has 3 heterocycles. The van der Waals surface area contributed by atoms with Crippen molar-refractivity contribution >= 4 is 22.9 Å². The van der Waals surface area contributed by atoms with Gasteiger partial charge in [-0.3, -0.25) is 4.57 Å². The van der Waals surface area contributed by atoms with Crippen molar-refractivity contribution in [3.05, 3.63) is 66.5 Å². The van der Waals surface area contributed by atoms with Gasteiger partial charge in [0, 0.05) is 13.0 Å². The summed E-state index contributed by atoms with van der Waals surface area (Å²) in [5.74, 6) is 0.774. The maximum Gasteiger partial charge on any atom is 0.207 e. The minimum absolute atomic E-state index is 0.265. The Hall–Kier alpha value is -3.53. The lowest BCUT2D eigenvalue weighted by atomic mass is 10.0. The van der Waals surface area contributed by atoms with Gasteiger partial charge in [-0.2, -0.15) is 0 Å². The SMILES string of the molecule is Nc1ncnc2c1nc(NCc1ccc(-c3ccccc3)cc1)n2[C@H]1CC(O)[C@@H](CO)O1. The summed E-state index contributed by atoms with van der Waals surface area (Å²) in [6, 6.07) is 18.5.